The largest absolute Gasteiger partial charge is 0.492 e. The van der Waals surface area contributed by atoms with Crippen molar-refractivity contribution in [2.45, 2.75) is 6.42 Å². The SMILES string of the molecule is Cl.O=C(C(Cc1ccccc1)C1=COCO1)N1CCN(CCOc2ccc(F)cc2)CC1. The Kier molecular flexibility index (Phi) is 8.76. The maximum atomic E-state index is 13.3. The predicted octanol–water partition coefficient (Wildman–Crippen LogP) is 3.48. The number of rotatable bonds is 8. The summed E-state index contributed by atoms with van der Waals surface area (Å²) in [6.07, 6.45) is 2.15. The molecular weight excluding hydrogens is 435 g/mol. The third-order valence-electron chi connectivity index (χ3n) is 5.59. The van der Waals surface area contributed by atoms with Gasteiger partial charge in [-0.25, -0.2) is 4.39 Å². The number of hydrogen-bond acceptors (Lipinski definition) is 5. The first kappa shape index (κ1) is 23.9. The van der Waals surface area contributed by atoms with Gasteiger partial charge in [-0.1, -0.05) is 30.3 Å². The Morgan fingerprint density at radius 2 is 1.75 bits per heavy atom. The van der Waals surface area contributed by atoms with Gasteiger partial charge in [0.05, 0.1) is 0 Å². The van der Waals surface area contributed by atoms with Crippen LogP contribution >= 0.6 is 12.4 Å². The Hall–Kier alpha value is -2.77. The van der Waals surface area contributed by atoms with Crippen molar-refractivity contribution < 1.29 is 23.4 Å². The Balaban J connectivity index is 0.00000289. The number of carbonyl (C=O) groups is 1. The minimum Gasteiger partial charge on any atom is -0.492 e. The Morgan fingerprint density at radius 1 is 1.03 bits per heavy atom. The van der Waals surface area contributed by atoms with E-state index in [0.29, 0.717) is 37.6 Å². The van der Waals surface area contributed by atoms with Gasteiger partial charge in [0.25, 0.3) is 0 Å². The van der Waals surface area contributed by atoms with Gasteiger partial charge in [0.1, 0.15) is 36.1 Å². The molecular formula is C24H28ClFN2O4. The summed E-state index contributed by atoms with van der Waals surface area (Å²) in [7, 11) is 0. The van der Waals surface area contributed by atoms with E-state index in [2.05, 4.69) is 4.90 Å². The molecule has 1 unspecified atom stereocenters. The summed E-state index contributed by atoms with van der Waals surface area (Å²) in [4.78, 5) is 17.5. The molecule has 0 aromatic heterocycles. The number of nitrogens with zero attached hydrogens (tertiary/aromatic N) is 2. The molecule has 1 atom stereocenters. The molecule has 2 aromatic rings. The molecule has 0 spiro atoms. The molecule has 2 aliphatic rings. The van der Waals surface area contributed by atoms with Crippen LogP contribution in [0.2, 0.25) is 0 Å². The number of carbonyl (C=O) groups excluding carboxylic acids is 1. The zero-order valence-corrected chi connectivity index (χ0v) is 18.6. The Morgan fingerprint density at radius 3 is 2.41 bits per heavy atom. The summed E-state index contributed by atoms with van der Waals surface area (Å²) in [6.45, 7) is 4.34. The van der Waals surface area contributed by atoms with Crippen molar-refractivity contribution in [2.75, 3.05) is 46.1 Å². The lowest BCUT2D eigenvalue weighted by Gasteiger charge is -2.36. The minimum atomic E-state index is -0.377. The van der Waals surface area contributed by atoms with Gasteiger partial charge in [0.15, 0.2) is 0 Å². The van der Waals surface area contributed by atoms with E-state index in [4.69, 9.17) is 14.2 Å². The van der Waals surface area contributed by atoms with Crippen molar-refractivity contribution >= 4 is 18.3 Å². The summed E-state index contributed by atoms with van der Waals surface area (Å²) in [5.74, 6) is 0.681. The van der Waals surface area contributed by atoms with Crippen LogP contribution in [0.15, 0.2) is 66.6 Å². The molecule has 2 aliphatic heterocycles. The lowest BCUT2D eigenvalue weighted by Crippen LogP contribution is -2.51. The fourth-order valence-corrected chi connectivity index (χ4v) is 3.83. The molecule has 32 heavy (non-hydrogen) atoms. The van der Waals surface area contributed by atoms with Gasteiger partial charge in [0, 0.05) is 32.7 Å². The van der Waals surface area contributed by atoms with Crippen LogP contribution in [0.5, 0.6) is 5.75 Å². The van der Waals surface area contributed by atoms with E-state index in [1.54, 1.807) is 18.4 Å². The second kappa shape index (κ2) is 11.7. The zero-order valence-electron chi connectivity index (χ0n) is 17.8. The second-order valence-corrected chi connectivity index (χ2v) is 7.66. The van der Waals surface area contributed by atoms with Crippen molar-refractivity contribution in [2.24, 2.45) is 5.92 Å². The van der Waals surface area contributed by atoms with Crippen LogP contribution in [0.3, 0.4) is 0 Å². The fourth-order valence-electron chi connectivity index (χ4n) is 3.83. The summed E-state index contributed by atoms with van der Waals surface area (Å²) in [6, 6.07) is 16.0. The van der Waals surface area contributed by atoms with Gasteiger partial charge in [-0.2, -0.15) is 0 Å². The lowest BCUT2D eigenvalue weighted by molar-refractivity contribution is -0.137. The predicted molar refractivity (Wildman–Crippen MR) is 121 cm³/mol. The molecule has 172 valence electrons. The van der Waals surface area contributed by atoms with Crippen LogP contribution in [-0.4, -0.2) is 61.8 Å². The number of ether oxygens (including phenoxy) is 3. The number of benzene rings is 2. The van der Waals surface area contributed by atoms with E-state index in [9.17, 15) is 9.18 Å². The fraction of sp³-hybridized carbons (Fsp3) is 0.375. The molecule has 2 aromatic carbocycles. The van der Waals surface area contributed by atoms with Gasteiger partial charge < -0.3 is 19.1 Å². The smallest absolute Gasteiger partial charge is 0.233 e. The third kappa shape index (κ3) is 6.37. The molecule has 1 amide bonds. The molecule has 0 aliphatic carbocycles. The zero-order chi connectivity index (χ0) is 21.5. The van der Waals surface area contributed by atoms with Crippen LogP contribution in [0, 0.1) is 11.7 Å². The van der Waals surface area contributed by atoms with E-state index < -0.39 is 0 Å². The lowest BCUT2D eigenvalue weighted by atomic mass is 9.96. The Bertz CT molecular complexity index is 887. The number of amides is 1. The summed E-state index contributed by atoms with van der Waals surface area (Å²) in [5.41, 5.74) is 1.09. The first-order chi connectivity index (χ1) is 15.2. The van der Waals surface area contributed by atoms with Crippen molar-refractivity contribution in [1.29, 1.82) is 0 Å². The maximum Gasteiger partial charge on any atom is 0.233 e. The third-order valence-corrected chi connectivity index (χ3v) is 5.59. The molecule has 0 radical (unpaired) electrons. The number of hydrogen-bond donors (Lipinski definition) is 0. The molecule has 1 saturated heterocycles. The number of piperazine rings is 1. The average Bonchev–Trinajstić information content (AvgIpc) is 3.34. The molecule has 0 bridgehead atoms. The highest BCUT2D eigenvalue weighted by Crippen LogP contribution is 2.25. The standard InChI is InChI=1S/C24H27FN2O4.ClH/c25-20-6-8-21(9-7-20)30-15-14-26-10-12-27(13-11-26)24(28)22(23-17-29-18-31-23)16-19-4-2-1-3-5-19;/h1-9,17,22H,10-16,18H2;1H. The van der Waals surface area contributed by atoms with Gasteiger partial charge in [-0.05, 0) is 36.2 Å². The Labute approximate surface area is 194 Å². The second-order valence-electron chi connectivity index (χ2n) is 7.66. The van der Waals surface area contributed by atoms with Gasteiger partial charge >= 0.3 is 0 Å². The van der Waals surface area contributed by atoms with Crippen molar-refractivity contribution in [3.8, 4) is 5.75 Å². The topological polar surface area (TPSA) is 51.2 Å². The normalized spacial score (nSPS) is 16.9. The van der Waals surface area contributed by atoms with Crippen molar-refractivity contribution in [3.05, 3.63) is 78.0 Å². The monoisotopic (exact) mass is 462 g/mol. The van der Waals surface area contributed by atoms with Gasteiger partial charge in [-0.15, -0.1) is 12.4 Å². The first-order valence-electron chi connectivity index (χ1n) is 10.6. The first-order valence-corrected chi connectivity index (χ1v) is 10.6. The highest BCUT2D eigenvalue weighted by Gasteiger charge is 2.33. The van der Waals surface area contributed by atoms with E-state index in [1.165, 1.54) is 12.1 Å². The van der Waals surface area contributed by atoms with Gasteiger partial charge in [-0.3, -0.25) is 9.69 Å². The van der Waals surface area contributed by atoms with Crippen LogP contribution in [0.1, 0.15) is 5.56 Å². The minimum absolute atomic E-state index is 0. The van der Waals surface area contributed by atoms with Crippen LogP contribution in [-0.2, 0) is 20.7 Å². The van der Waals surface area contributed by atoms with E-state index in [0.717, 1.165) is 25.2 Å². The van der Waals surface area contributed by atoms with Crippen molar-refractivity contribution in [3.63, 3.8) is 0 Å². The number of halogens is 2. The van der Waals surface area contributed by atoms with E-state index in [1.807, 2.05) is 35.2 Å². The average molecular weight is 463 g/mol. The van der Waals surface area contributed by atoms with Crippen LogP contribution in [0.4, 0.5) is 4.39 Å². The maximum absolute atomic E-state index is 13.3. The molecule has 8 heteroatoms. The molecule has 2 heterocycles. The van der Waals surface area contributed by atoms with Crippen molar-refractivity contribution in [1.82, 2.24) is 9.80 Å². The molecule has 4 rings (SSSR count). The van der Waals surface area contributed by atoms with Crippen LogP contribution < -0.4 is 4.74 Å². The highest BCUT2D eigenvalue weighted by atomic mass is 35.5. The van der Waals surface area contributed by atoms with E-state index >= 15 is 0 Å². The van der Waals surface area contributed by atoms with Crippen LogP contribution in [0.25, 0.3) is 0 Å². The molecule has 1 fully saturated rings. The highest BCUT2D eigenvalue weighted by molar-refractivity contribution is 5.85. The summed E-state index contributed by atoms with van der Waals surface area (Å²) >= 11 is 0. The molecule has 0 saturated carbocycles. The summed E-state index contributed by atoms with van der Waals surface area (Å²) in [5, 5.41) is 0. The molecule has 0 N–H and O–H groups in total. The van der Waals surface area contributed by atoms with E-state index in [-0.39, 0.29) is 36.8 Å². The summed E-state index contributed by atoms with van der Waals surface area (Å²) < 4.78 is 29.4. The molecule has 6 nitrogen and oxygen atoms in total. The quantitative estimate of drug-likeness (QED) is 0.601. The van der Waals surface area contributed by atoms with Gasteiger partial charge in [0.2, 0.25) is 12.7 Å².